The number of ether oxygens (including phenoxy) is 1. The molecule has 140 valence electrons. The molecule has 3 heteroatoms. The van der Waals surface area contributed by atoms with Gasteiger partial charge in [0.1, 0.15) is 5.75 Å². The molecular weight excluding hydrogens is 324 g/mol. The summed E-state index contributed by atoms with van der Waals surface area (Å²) in [6, 6.07) is 4.46. The van der Waals surface area contributed by atoms with Crippen molar-refractivity contribution in [3.8, 4) is 5.75 Å². The van der Waals surface area contributed by atoms with Gasteiger partial charge in [-0.3, -0.25) is 0 Å². The zero-order valence-electron chi connectivity index (χ0n) is 16.9. The summed E-state index contributed by atoms with van der Waals surface area (Å²) < 4.78 is 5.68. The maximum atomic E-state index is 10.7. The highest BCUT2D eigenvalue weighted by Crippen LogP contribution is 2.51. The van der Waals surface area contributed by atoms with Gasteiger partial charge in [-0.05, 0) is 65.5 Å². The average molecular weight is 354 g/mol. The Labute approximate surface area is 157 Å². The molecule has 0 saturated heterocycles. The quantitative estimate of drug-likeness (QED) is 0.549. The Morgan fingerprint density at radius 2 is 1.69 bits per heavy atom. The van der Waals surface area contributed by atoms with E-state index in [1.54, 1.807) is 20.1 Å². The third-order valence-corrected chi connectivity index (χ3v) is 5.16. The molecule has 0 amide bonds. The van der Waals surface area contributed by atoms with Crippen molar-refractivity contribution in [3.05, 3.63) is 58.7 Å². The molecule has 0 fully saturated rings. The molecule has 0 atom stereocenters. The minimum absolute atomic E-state index is 0.136. The number of fused-ring (bicyclic) bond motifs is 1. The molecule has 3 nitrogen and oxygen atoms in total. The number of benzene rings is 1. The first kappa shape index (κ1) is 20.0. The summed E-state index contributed by atoms with van der Waals surface area (Å²) >= 11 is 0. The van der Waals surface area contributed by atoms with E-state index in [1.165, 1.54) is 17.2 Å². The second-order valence-corrected chi connectivity index (χ2v) is 8.48. The Kier molecular flexibility index (Phi) is 5.50. The second-order valence-electron chi connectivity index (χ2n) is 8.48. The number of carboxylic acid groups (broad SMARTS) is 1. The van der Waals surface area contributed by atoms with E-state index in [9.17, 15) is 4.79 Å². The van der Waals surface area contributed by atoms with Crippen molar-refractivity contribution in [2.75, 3.05) is 7.11 Å². The van der Waals surface area contributed by atoms with Gasteiger partial charge >= 0.3 is 5.97 Å². The van der Waals surface area contributed by atoms with Crippen LogP contribution >= 0.6 is 0 Å². The second kappa shape index (κ2) is 7.14. The van der Waals surface area contributed by atoms with Crippen LogP contribution < -0.4 is 4.74 Å². The standard InChI is InChI=1S/C23H30O3/c1-15(11-21(24)25)9-8-10-16(2)17-12-18-19(13-20(17)26-7)23(5,6)14-22(18,3)4/h8-13H,14H2,1-7H3,(H,24,25)/b9-8+,15-11+,16-10+. The molecule has 0 unspecified atom stereocenters. The summed E-state index contributed by atoms with van der Waals surface area (Å²) in [4.78, 5) is 10.7. The van der Waals surface area contributed by atoms with Crippen LogP contribution in [0.25, 0.3) is 5.57 Å². The smallest absolute Gasteiger partial charge is 0.328 e. The molecule has 0 heterocycles. The van der Waals surface area contributed by atoms with Gasteiger partial charge in [0, 0.05) is 11.6 Å². The van der Waals surface area contributed by atoms with Crippen LogP contribution in [-0.4, -0.2) is 18.2 Å². The SMILES string of the molecule is COc1cc2c(cc1/C(C)=C/C=C/C(C)=C/C(=O)O)C(C)(C)CC2(C)C. The van der Waals surface area contributed by atoms with Gasteiger partial charge in [-0.1, -0.05) is 45.9 Å². The van der Waals surface area contributed by atoms with Crippen LogP contribution in [0.2, 0.25) is 0 Å². The third-order valence-electron chi connectivity index (χ3n) is 5.16. The molecule has 0 aromatic heterocycles. The Hall–Kier alpha value is -2.29. The summed E-state index contributed by atoms with van der Waals surface area (Å²) in [6.07, 6.45) is 7.98. The topological polar surface area (TPSA) is 46.5 Å². The van der Waals surface area contributed by atoms with E-state index in [0.29, 0.717) is 5.57 Å². The number of allylic oxidation sites excluding steroid dienone is 5. The highest BCUT2D eigenvalue weighted by molar-refractivity contribution is 5.81. The van der Waals surface area contributed by atoms with Gasteiger partial charge < -0.3 is 9.84 Å². The highest BCUT2D eigenvalue weighted by atomic mass is 16.5. The number of hydrogen-bond donors (Lipinski definition) is 1. The van der Waals surface area contributed by atoms with Crippen LogP contribution in [0.15, 0.2) is 42.0 Å². The molecule has 0 radical (unpaired) electrons. The van der Waals surface area contributed by atoms with Crippen LogP contribution in [0.1, 0.15) is 64.7 Å². The van der Waals surface area contributed by atoms with Crippen molar-refractivity contribution in [1.82, 2.24) is 0 Å². The first-order chi connectivity index (χ1) is 12.0. The van der Waals surface area contributed by atoms with E-state index >= 15 is 0 Å². The lowest BCUT2D eigenvalue weighted by Gasteiger charge is -2.22. The molecule has 0 spiro atoms. The number of carboxylic acids is 1. The van der Waals surface area contributed by atoms with Crippen LogP contribution in [0.4, 0.5) is 0 Å². The Morgan fingerprint density at radius 1 is 1.12 bits per heavy atom. The monoisotopic (exact) mass is 354 g/mol. The fourth-order valence-corrected chi connectivity index (χ4v) is 4.15. The van der Waals surface area contributed by atoms with E-state index in [-0.39, 0.29) is 10.8 Å². The van der Waals surface area contributed by atoms with Crippen LogP contribution in [-0.2, 0) is 15.6 Å². The van der Waals surface area contributed by atoms with Gasteiger partial charge in [-0.25, -0.2) is 4.79 Å². The summed E-state index contributed by atoms with van der Waals surface area (Å²) in [5, 5.41) is 8.78. The summed E-state index contributed by atoms with van der Waals surface area (Å²) in [7, 11) is 1.71. The van der Waals surface area contributed by atoms with Gasteiger partial charge in [0.05, 0.1) is 7.11 Å². The van der Waals surface area contributed by atoms with E-state index in [2.05, 4.69) is 46.8 Å². The van der Waals surface area contributed by atoms with Crippen molar-refractivity contribution >= 4 is 11.5 Å². The van der Waals surface area contributed by atoms with Crippen LogP contribution in [0.5, 0.6) is 5.75 Å². The summed E-state index contributed by atoms with van der Waals surface area (Å²) in [5.74, 6) is -0.0486. The van der Waals surface area contributed by atoms with Gasteiger partial charge in [0.15, 0.2) is 0 Å². The molecule has 1 aromatic rings. The predicted octanol–water partition coefficient (Wildman–Crippen LogP) is 5.64. The molecule has 1 N–H and O–H groups in total. The molecule has 1 aromatic carbocycles. The number of carbonyl (C=O) groups is 1. The molecule has 26 heavy (non-hydrogen) atoms. The Bertz CT molecular complexity index is 805. The van der Waals surface area contributed by atoms with Gasteiger partial charge in [-0.15, -0.1) is 0 Å². The molecule has 0 bridgehead atoms. The number of hydrogen-bond acceptors (Lipinski definition) is 2. The predicted molar refractivity (Wildman–Crippen MR) is 108 cm³/mol. The van der Waals surface area contributed by atoms with Crippen molar-refractivity contribution in [3.63, 3.8) is 0 Å². The lowest BCUT2D eigenvalue weighted by Crippen LogP contribution is -2.17. The number of rotatable bonds is 5. The van der Waals surface area contributed by atoms with Crippen molar-refractivity contribution in [2.24, 2.45) is 0 Å². The summed E-state index contributed by atoms with van der Waals surface area (Å²) in [5.41, 5.74) is 5.90. The largest absolute Gasteiger partial charge is 0.496 e. The average Bonchev–Trinajstić information content (AvgIpc) is 2.69. The van der Waals surface area contributed by atoms with Crippen molar-refractivity contribution in [2.45, 2.75) is 58.8 Å². The molecule has 1 aliphatic rings. The van der Waals surface area contributed by atoms with Gasteiger partial charge in [-0.2, -0.15) is 0 Å². The minimum atomic E-state index is -0.932. The molecular formula is C23H30O3. The maximum absolute atomic E-state index is 10.7. The zero-order valence-corrected chi connectivity index (χ0v) is 16.9. The normalized spacial score (nSPS) is 18.9. The van der Waals surface area contributed by atoms with E-state index in [1.807, 2.05) is 12.2 Å². The molecule has 1 aliphatic carbocycles. The summed E-state index contributed by atoms with van der Waals surface area (Å²) in [6.45, 7) is 13.0. The Balaban J connectivity index is 2.46. The van der Waals surface area contributed by atoms with Crippen LogP contribution in [0.3, 0.4) is 0 Å². The first-order valence-electron chi connectivity index (χ1n) is 8.97. The third kappa shape index (κ3) is 4.09. The fourth-order valence-electron chi connectivity index (χ4n) is 4.15. The maximum Gasteiger partial charge on any atom is 0.328 e. The van der Waals surface area contributed by atoms with E-state index in [4.69, 9.17) is 9.84 Å². The minimum Gasteiger partial charge on any atom is -0.496 e. The number of aliphatic carboxylic acids is 1. The highest BCUT2D eigenvalue weighted by Gasteiger charge is 2.42. The fraction of sp³-hybridized carbons (Fsp3) is 0.435. The van der Waals surface area contributed by atoms with Crippen molar-refractivity contribution < 1.29 is 14.6 Å². The van der Waals surface area contributed by atoms with E-state index < -0.39 is 5.97 Å². The van der Waals surface area contributed by atoms with Crippen LogP contribution in [0, 0.1) is 0 Å². The van der Waals surface area contributed by atoms with Gasteiger partial charge in [0.2, 0.25) is 0 Å². The molecule has 0 aliphatic heterocycles. The molecule has 0 saturated carbocycles. The van der Waals surface area contributed by atoms with Crippen molar-refractivity contribution in [1.29, 1.82) is 0 Å². The van der Waals surface area contributed by atoms with Gasteiger partial charge in [0.25, 0.3) is 0 Å². The lowest BCUT2D eigenvalue weighted by atomic mass is 9.82. The Morgan fingerprint density at radius 3 is 2.23 bits per heavy atom. The zero-order chi connectivity index (χ0) is 19.7. The molecule has 2 rings (SSSR count). The first-order valence-corrected chi connectivity index (χ1v) is 8.97. The lowest BCUT2D eigenvalue weighted by molar-refractivity contribution is -0.131. The van der Waals surface area contributed by atoms with E-state index in [0.717, 1.165) is 23.3 Å². The number of methoxy groups -OCH3 is 1.